The minimum atomic E-state index is -5.12. The van der Waals surface area contributed by atoms with Crippen molar-refractivity contribution in [3.63, 3.8) is 0 Å². The highest BCUT2D eigenvalue weighted by molar-refractivity contribution is 6.01. The lowest BCUT2D eigenvalue weighted by Gasteiger charge is -2.08. The number of fused-ring (bicyclic) bond motifs is 1. The van der Waals surface area contributed by atoms with Crippen LogP contribution in [0, 0.1) is 0 Å². The molecular formula is C10H6F3N3O3. The normalized spacial score (nSPS) is 11.5. The van der Waals surface area contributed by atoms with Crippen LogP contribution in [0.3, 0.4) is 0 Å². The lowest BCUT2D eigenvalue weighted by molar-refractivity contribution is -0.167. The summed E-state index contributed by atoms with van der Waals surface area (Å²) in [6.07, 6.45) is -3.82. The van der Waals surface area contributed by atoms with Gasteiger partial charge in [-0.2, -0.15) is 13.2 Å². The van der Waals surface area contributed by atoms with Gasteiger partial charge in [0.2, 0.25) is 0 Å². The molecule has 2 rings (SSSR count). The van der Waals surface area contributed by atoms with E-state index in [9.17, 15) is 22.8 Å². The molecule has 0 aliphatic heterocycles. The van der Waals surface area contributed by atoms with Gasteiger partial charge in [0.25, 0.3) is 0 Å². The number of amides is 1. The summed E-state index contributed by atoms with van der Waals surface area (Å²) in [5, 5.41) is 10.4. The molecule has 0 aromatic carbocycles. The number of nitrogens with zero attached hydrogens (tertiary/aromatic N) is 2. The van der Waals surface area contributed by atoms with E-state index < -0.39 is 29.6 Å². The van der Waals surface area contributed by atoms with Gasteiger partial charge in [0.1, 0.15) is 5.65 Å². The Balaban J connectivity index is 2.54. The molecule has 0 unspecified atom stereocenters. The van der Waals surface area contributed by atoms with Gasteiger partial charge >= 0.3 is 18.1 Å². The van der Waals surface area contributed by atoms with Crippen LogP contribution in [0.5, 0.6) is 0 Å². The van der Waals surface area contributed by atoms with Crippen LogP contribution in [0.1, 0.15) is 10.5 Å². The number of halogens is 3. The molecule has 0 radical (unpaired) electrons. The van der Waals surface area contributed by atoms with E-state index in [0.29, 0.717) is 0 Å². The van der Waals surface area contributed by atoms with Crippen molar-refractivity contribution >= 4 is 23.3 Å². The second-order valence-electron chi connectivity index (χ2n) is 3.49. The number of carboxylic acids is 1. The van der Waals surface area contributed by atoms with Crippen LogP contribution in [-0.2, 0) is 4.79 Å². The van der Waals surface area contributed by atoms with Crippen LogP contribution in [0.2, 0.25) is 0 Å². The summed E-state index contributed by atoms with van der Waals surface area (Å²) in [6.45, 7) is 0. The molecule has 2 aromatic heterocycles. The molecule has 2 N–H and O–H groups in total. The molecule has 100 valence electrons. The number of anilines is 1. The number of nitrogens with one attached hydrogen (secondary N) is 1. The number of hydrogen-bond acceptors (Lipinski definition) is 3. The number of carboxylic acid groups (broad SMARTS) is 1. The molecule has 2 aromatic rings. The summed E-state index contributed by atoms with van der Waals surface area (Å²) < 4.78 is 37.6. The molecule has 19 heavy (non-hydrogen) atoms. The number of aromatic carboxylic acids is 1. The number of carbonyl (C=O) groups is 2. The number of pyridine rings is 1. The zero-order chi connectivity index (χ0) is 14.2. The molecule has 0 saturated heterocycles. The third-order valence-corrected chi connectivity index (χ3v) is 2.22. The van der Waals surface area contributed by atoms with Gasteiger partial charge in [-0.1, -0.05) is 6.07 Å². The molecule has 0 atom stereocenters. The van der Waals surface area contributed by atoms with Crippen molar-refractivity contribution in [2.75, 3.05) is 5.32 Å². The lowest BCUT2D eigenvalue weighted by atomic mass is 10.4. The van der Waals surface area contributed by atoms with Gasteiger partial charge in [-0.25, -0.2) is 9.78 Å². The van der Waals surface area contributed by atoms with Crippen LogP contribution in [0.25, 0.3) is 5.65 Å². The van der Waals surface area contributed by atoms with Crippen molar-refractivity contribution in [1.82, 2.24) is 9.38 Å². The van der Waals surface area contributed by atoms with Gasteiger partial charge in [0.05, 0.1) is 0 Å². The van der Waals surface area contributed by atoms with E-state index in [1.165, 1.54) is 29.7 Å². The van der Waals surface area contributed by atoms with E-state index in [4.69, 9.17) is 5.11 Å². The van der Waals surface area contributed by atoms with E-state index in [2.05, 4.69) is 4.98 Å². The molecule has 0 aliphatic rings. The van der Waals surface area contributed by atoms with Gasteiger partial charge < -0.3 is 10.4 Å². The van der Waals surface area contributed by atoms with E-state index in [1.807, 2.05) is 0 Å². The first-order chi connectivity index (χ1) is 8.80. The number of aromatic nitrogens is 2. The van der Waals surface area contributed by atoms with Gasteiger partial charge in [0.15, 0.2) is 11.5 Å². The maximum atomic E-state index is 12.2. The van der Waals surface area contributed by atoms with E-state index in [1.54, 1.807) is 0 Å². The van der Waals surface area contributed by atoms with Crippen LogP contribution in [0.4, 0.5) is 19.0 Å². The van der Waals surface area contributed by atoms with Crippen LogP contribution in [-0.4, -0.2) is 32.5 Å². The molecule has 0 spiro atoms. The SMILES string of the molecule is O=C(O)c1nc2ccccn2c1NC(=O)C(F)(F)F. The monoisotopic (exact) mass is 273 g/mol. The van der Waals surface area contributed by atoms with Gasteiger partial charge in [-0.3, -0.25) is 9.20 Å². The predicted octanol–water partition coefficient (Wildman–Crippen LogP) is 1.53. The molecule has 1 amide bonds. The van der Waals surface area contributed by atoms with Crippen molar-refractivity contribution in [1.29, 1.82) is 0 Å². The first-order valence-corrected chi connectivity index (χ1v) is 4.89. The maximum absolute atomic E-state index is 12.2. The van der Waals surface area contributed by atoms with Crippen molar-refractivity contribution in [2.45, 2.75) is 6.18 Å². The number of carbonyl (C=O) groups excluding carboxylic acids is 1. The first-order valence-electron chi connectivity index (χ1n) is 4.89. The molecule has 0 saturated carbocycles. The van der Waals surface area contributed by atoms with Crippen molar-refractivity contribution < 1.29 is 27.9 Å². The number of hydrogen-bond donors (Lipinski definition) is 2. The summed E-state index contributed by atoms with van der Waals surface area (Å²) >= 11 is 0. The summed E-state index contributed by atoms with van der Waals surface area (Å²) in [7, 11) is 0. The zero-order valence-electron chi connectivity index (χ0n) is 9.10. The molecule has 0 bridgehead atoms. The minimum absolute atomic E-state index is 0.109. The highest BCUT2D eigenvalue weighted by Gasteiger charge is 2.40. The first kappa shape index (κ1) is 12.9. The van der Waals surface area contributed by atoms with Crippen LogP contribution in [0.15, 0.2) is 24.4 Å². The summed E-state index contributed by atoms with van der Waals surface area (Å²) in [6, 6.07) is 4.39. The number of alkyl halides is 3. The van der Waals surface area contributed by atoms with Gasteiger partial charge in [-0.05, 0) is 12.1 Å². The zero-order valence-corrected chi connectivity index (χ0v) is 9.10. The Hall–Kier alpha value is -2.58. The fraction of sp³-hybridized carbons (Fsp3) is 0.100. The highest BCUT2D eigenvalue weighted by atomic mass is 19.4. The predicted molar refractivity (Wildman–Crippen MR) is 56.8 cm³/mol. The highest BCUT2D eigenvalue weighted by Crippen LogP contribution is 2.22. The minimum Gasteiger partial charge on any atom is -0.476 e. The van der Waals surface area contributed by atoms with Crippen molar-refractivity contribution in [3.05, 3.63) is 30.1 Å². The largest absolute Gasteiger partial charge is 0.476 e. The van der Waals surface area contributed by atoms with Crippen molar-refractivity contribution in [3.8, 4) is 0 Å². The summed E-state index contributed by atoms with van der Waals surface area (Å²) in [4.78, 5) is 25.4. The molecule has 0 fully saturated rings. The topological polar surface area (TPSA) is 83.7 Å². The average molecular weight is 273 g/mol. The third kappa shape index (κ3) is 2.34. The number of rotatable bonds is 2. The fourth-order valence-electron chi connectivity index (χ4n) is 1.44. The Labute approximate surface area is 103 Å². The summed E-state index contributed by atoms with van der Waals surface area (Å²) in [5.74, 6) is -4.34. The van der Waals surface area contributed by atoms with Crippen molar-refractivity contribution in [2.24, 2.45) is 0 Å². The van der Waals surface area contributed by atoms with Gasteiger partial charge in [0, 0.05) is 6.20 Å². The maximum Gasteiger partial charge on any atom is 0.471 e. The quantitative estimate of drug-likeness (QED) is 0.869. The molecule has 6 nitrogen and oxygen atoms in total. The lowest BCUT2D eigenvalue weighted by Crippen LogP contribution is -2.31. The van der Waals surface area contributed by atoms with E-state index in [-0.39, 0.29) is 5.65 Å². The number of imidazole rings is 1. The molecular weight excluding hydrogens is 267 g/mol. The average Bonchev–Trinajstić information content (AvgIpc) is 2.67. The molecule has 0 aliphatic carbocycles. The summed E-state index contributed by atoms with van der Waals surface area (Å²) in [5.41, 5.74) is -0.554. The van der Waals surface area contributed by atoms with E-state index in [0.717, 1.165) is 4.40 Å². The van der Waals surface area contributed by atoms with Crippen LogP contribution >= 0.6 is 0 Å². The Morgan fingerprint density at radius 3 is 2.58 bits per heavy atom. The second kappa shape index (κ2) is 4.26. The smallest absolute Gasteiger partial charge is 0.471 e. The molecule has 2 heterocycles. The fourth-order valence-corrected chi connectivity index (χ4v) is 1.44. The third-order valence-electron chi connectivity index (χ3n) is 2.22. The van der Waals surface area contributed by atoms with Gasteiger partial charge in [-0.15, -0.1) is 0 Å². The Kier molecular flexibility index (Phi) is 2.89. The standard InChI is InChI=1S/C10H6F3N3O3/c11-10(12,13)9(19)15-7-6(8(17)18)14-5-3-1-2-4-16(5)7/h1-4H,(H,15,19)(H,17,18). The van der Waals surface area contributed by atoms with Crippen LogP contribution < -0.4 is 5.32 Å². The Morgan fingerprint density at radius 1 is 1.32 bits per heavy atom. The Bertz CT molecular complexity index is 663. The Morgan fingerprint density at radius 2 is 2.00 bits per heavy atom. The second-order valence-corrected chi connectivity index (χ2v) is 3.49. The molecule has 9 heteroatoms. The van der Waals surface area contributed by atoms with E-state index >= 15 is 0 Å².